The SMILES string of the molecule is C=CCNCCOc1cccc(CCCc2ccc(OC)c(OC)c2)c1. The highest BCUT2D eigenvalue weighted by Crippen LogP contribution is 2.28. The number of methoxy groups -OCH3 is 2. The second-order valence-corrected chi connectivity index (χ2v) is 6.03. The summed E-state index contributed by atoms with van der Waals surface area (Å²) < 4.78 is 16.4. The Balaban J connectivity index is 1.80. The lowest BCUT2D eigenvalue weighted by molar-refractivity contribution is 0.316. The molecule has 0 aliphatic heterocycles. The van der Waals surface area contributed by atoms with Crippen LogP contribution in [0.1, 0.15) is 17.5 Å². The van der Waals surface area contributed by atoms with Crippen LogP contribution in [0.15, 0.2) is 55.1 Å². The third-order valence-corrected chi connectivity index (χ3v) is 4.11. The Kier molecular flexibility index (Phi) is 8.56. The Morgan fingerprint density at radius 3 is 2.46 bits per heavy atom. The fraction of sp³-hybridized carbons (Fsp3) is 0.364. The van der Waals surface area contributed by atoms with Crippen LogP contribution in [0.25, 0.3) is 0 Å². The normalized spacial score (nSPS) is 10.4. The summed E-state index contributed by atoms with van der Waals surface area (Å²) in [5.41, 5.74) is 2.55. The van der Waals surface area contributed by atoms with E-state index < -0.39 is 0 Å². The summed E-state index contributed by atoms with van der Waals surface area (Å²) in [5, 5.41) is 3.23. The molecule has 0 radical (unpaired) electrons. The molecule has 0 saturated heterocycles. The maximum absolute atomic E-state index is 5.79. The molecule has 2 aromatic carbocycles. The van der Waals surface area contributed by atoms with Gasteiger partial charge in [0.05, 0.1) is 14.2 Å². The molecule has 0 aliphatic carbocycles. The van der Waals surface area contributed by atoms with E-state index in [1.165, 1.54) is 11.1 Å². The van der Waals surface area contributed by atoms with E-state index in [9.17, 15) is 0 Å². The second-order valence-electron chi connectivity index (χ2n) is 6.03. The summed E-state index contributed by atoms with van der Waals surface area (Å²) >= 11 is 0. The summed E-state index contributed by atoms with van der Waals surface area (Å²) in [7, 11) is 3.32. The van der Waals surface area contributed by atoms with Crippen molar-refractivity contribution in [2.75, 3.05) is 33.9 Å². The molecule has 1 N–H and O–H groups in total. The van der Waals surface area contributed by atoms with Gasteiger partial charge in [-0.15, -0.1) is 6.58 Å². The number of hydrogen-bond acceptors (Lipinski definition) is 4. The van der Waals surface area contributed by atoms with E-state index in [1.807, 2.05) is 18.2 Å². The first-order valence-electron chi connectivity index (χ1n) is 9.01. The van der Waals surface area contributed by atoms with Gasteiger partial charge in [0.25, 0.3) is 0 Å². The van der Waals surface area contributed by atoms with Gasteiger partial charge in [-0.2, -0.15) is 0 Å². The minimum absolute atomic E-state index is 0.656. The van der Waals surface area contributed by atoms with Crippen LogP contribution in [-0.2, 0) is 12.8 Å². The maximum Gasteiger partial charge on any atom is 0.160 e. The van der Waals surface area contributed by atoms with Crippen LogP contribution in [0, 0.1) is 0 Å². The third-order valence-electron chi connectivity index (χ3n) is 4.11. The quantitative estimate of drug-likeness (QED) is 0.461. The van der Waals surface area contributed by atoms with Crippen LogP contribution >= 0.6 is 0 Å². The van der Waals surface area contributed by atoms with Gasteiger partial charge in [-0.05, 0) is 54.7 Å². The van der Waals surface area contributed by atoms with Crippen molar-refractivity contribution in [3.63, 3.8) is 0 Å². The fourth-order valence-electron chi connectivity index (χ4n) is 2.77. The fourth-order valence-corrected chi connectivity index (χ4v) is 2.77. The van der Waals surface area contributed by atoms with Crippen molar-refractivity contribution in [2.45, 2.75) is 19.3 Å². The number of aryl methyl sites for hydroxylation is 2. The van der Waals surface area contributed by atoms with Crippen LogP contribution in [0.4, 0.5) is 0 Å². The Bertz CT molecular complexity index is 685. The molecule has 4 nitrogen and oxygen atoms in total. The Labute approximate surface area is 156 Å². The average Bonchev–Trinajstić information content (AvgIpc) is 2.68. The van der Waals surface area contributed by atoms with Crippen molar-refractivity contribution >= 4 is 0 Å². The molecule has 26 heavy (non-hydrogen) atoms. The van der Waals surface area contributed by atoms with E-state index >= 15 is 0 Å². The molecule has 0 heterocycles. The number of rotatable bonds is 12. The minimum Gasteiger partial charge on any atom is -0.493 e. The smallest absolute Gasteiger partial charge is 0.160 e. The van der Waals surface area contributed by atoms with Gasteiger partial charge in [0.15, 0.2) is 11.5 Å². The zero-order valence-electron chi connectivity index (χ0n) is 15.8. The predicted molar refractivity (Wildman–Crippen MR) is 107 cm³/mol. The molecular weight excluding hydrogens is 326 g/mol. The molecule has 2 rings (SSSR count). The lowest BCUT2D eigenvalue weighted by Gasteiger charge is -2.10. The van der Waals surface area contributed by atoms with E-state index in [4.69, 9.17) is 14.2 Å². The number of hydrogen-bond donors (Lipinski definition) is 1. The molecule has 0 aliphatic rings. The molecule has 0 amide bonds. The van der Waals surface area contributed by atoms with Crippen LogP contribution in [-0.4, -0.2) is 33.9 Å². The number of nitrogens with one attached hydrogen (secondary N) is 1. The van der Waals surface area contributed by atoms with Crippen LogP contribution in [0.3, 0.4) is 0 Å². The van der Waals surface area contributed by atoms with E-state index in [-0.39, 0.29) is 0 Å². The lowest BCUT2D eigenvalue weighted by atomic mass is 10.0. The van der Waals surface area contributed by atoms with Crippen molar-refractivity contribution in [1.29, 1.82) is 0 Å². The van der Waals surface area contributed by atoms with E-state index in [1.54, 1.807) is 14.2 Å². The van der Waals surface area contributed by atoms with E-state index in [2.05, 4.69) is 42.2 Å². The van der Waals surface area contributed by atoms with Gasteiger partial charge in [0.2, 0.25) is 0 Å². The molecule has 0 fully saturated rings. The molecule has 0 atom stereocenters. The van der Waals surface area contributed by atoms with E-state index in [0.29, 0.717) is 6.61 Å². The highest BCUT2D eigenvalue weighted by molar-refractivity contribution is 5.43. The van der Waals surface area contributed by atoms with Gasteiger partial charge in [0, 0.05) is 13.1 Å². The summed E-state index contributed by atoms with van der Waals surface area (Å²) in [4.78, 5) is 0. The van der Waals surface area contributed by atoms with Crippen LogP contribution in [0.2, 0.25) is 0 Å². The molecule has 2 aromatic rings. The highest BCUT2D eigenvalue weighted by atomic mass is 16.5. The summed E-state index contributed by atoms with van der Waals surface area (Å²) in [6, 6.07) is 14.4. The molecule has 140 valence electrons. The van der Waals surface area contributed by atoms with Gasteiger partial charge in [-0.3, -0.25) is 0 Å². The largest absolute Gasteiger partial charge is 0.493 e. The number of benzene rings is 2. The molecule has 0 unspecified atom stereocenters. The lowest BCUT2D eigenvalue weighted by Crippen LogP contribution is -2.20. The number of ether oxygens (including phenoxy) is 3. The van der Waals surface area contributed by atoms with Crippen molar-refractivity contribution in [3.8, 4) is 17.2 Å². The third kappa shape index (κ3) is 6.45. The van der Waals surface area contributed by atoms with Gasteiger partial charge in [-0.25, -0.2) is 0 Å². The van der Waals surface area contributed by atoms with Crippen LogP contribution in [0.5, 0.6) is 17.2 Å². The zero-order chi connectivity index (χ0) is 18.6. The maximum atomic E-state index is 5.79. The zero-order valence-corrected chi connectivity index (χ0v) is 15.8. The van der Waals surface area contributed by atoms with Gasteiger partial charge >= 0.3 is 0 Å². The molecule has 0 saturated carbocycles. The molecular formula is C22H29NO3. The molecule has 4 heteroatoms. The van der Waals surface area contributed by atoms with E-state index in [0.717, 1.165) is 49.6 Å². The van der Waals surface area contributed by atoms with Crippen molar-refractivity contribution < 1.29 is 14.2 Å². The predicted octanol–water partition coefficient (Wildman–Crippen LogP) is 4.03. The Hall–Kier alpha value is -2.46. The van der Waals surface area contributed by atoms with Crippen LogP contribution < -0.4 is 19.5 Å². The minimum atomic E-state index is 0.656. The van der Waals surface area contributed by atoms with Gasteiger partial charge in [0.1, 0.15) is 12.4 Å². The van der Waals surface area contributed by atoms with Crippen molar-refractivity contribution in [3.05, 3.63) is 66.2 Å². The first-order valence-corrected chi connectivity index (χ1v) is 9.01. The molecule has 0 bridgehead atoms. The topological polar surface area (TPSA) is 39.7 Å². The summed E-state index contributed by atoms with van der Waals surface area (Å²) in [5.74, 6) is 2.48. The highest BCUT2D eigenvalue weighted by Gasteiger charge is 2.05. The summed E-state index contributed by atoms with van der Waals surface area (Å²) in [6.07, 6.45) is 4.93. The Morgan fingerprint density at radius 2 is 1.73 bits per heavy atom. The first-order chi connectivity index (χ1) is 12.8. The molecule has 0 spiro atoms. The average molecular weight is 355 g/mol. The van der Waals surface area contributed by atoms with Crippen molar-refractivity contribution in [1.82, 2.24) is 5.32 Å². The van der Waals surface area contributed by atoms with Gasteiger partial charge in [-0.1, -0.05) is 24.3 Å². The first kappa shape index (κ1) is 19.9. The van der Waals surface area contributed by atoms with Gasteiger partial charge < -0.3 is 19.5 Å². The monoisotopic (exact) mass is 355 g/mol. The standard InChI is InChI=1S/C22H29NO3/c1-4-13-23-14-15-26-20-10-6-9-18(16-20)7-5-8-19-11-12-21(24-2)22(17-19)25-3/h4,6,9-12,16-17,23H,1,5,7-8,13-15H2,2-3H3. The summed E-state index contributed by atoms with van der Waals surface area (Å²) in [6.45, 7) is 5.96. The second kappa shape index (κ2) is 11.2. The Morgan fingerprint density at radius 1 is 0.962 bits per heavy atom. The molecule has 0 aromatic heterocycles. The van der Waals surface area contributed by atoms with Crippen molar-refractivity contribution in [2.24, 2.45) is 0 Å².